The fourth-order valence-corrected chi connectivity index (χ4v) is 3.29. The lowest BCUT2D eigenvalue weighted by atomic mass is 9.85. The molecule has 0 aromatic heterocycles. The highest BCUT2D eigenvalue weighted by Crippen LogP contribution is 2.59. The Morgan fingerprint density at radius 1 is 1.05 bits per heavy atom. The summed E-state index contributed by atoms with van der Waals surface area (Å²) in [6.07, 6.45) is 6.11. The number of carboxylic acid groups (broad SMARTS) is 1. The first-order valence-electron chi connectivity index (χ1n) is 7.73. The first kappa shape index (κ1) is 14.6. The van der Waals surface area contributed by atoms with E-state index in [2.05, 4.69) is 54.6 Å². The van der Waals surface area contributed by atoms with Crippen LogP contribution in [0.4, 0.5) is 0 Å². The Hall–Kier alpha value is -2.35. The molecule has 1 atom stereocenters. The number of hydrogen-bond donors (Lipinski definition) is 1. The molecule has 2 heteroatoms. The summed E-state index contributed by atoms with van der Waals surface area (Å²) < 4.78 is 0. The van der Waals surface area contributed by atoms with Crippen LogP contribution in [-0.4, -0.2) is 11.1 Å². The van der Waals surface area contributed by atoms with Crippen LogP contribution in [0.5, 0.6) is 0 Å². The summed E-state index contributed by atoms with van der Waals surface area (Å²) in [7, 11) is 0. The van der Waals surface area contributed by atoms with Crippen LogP contribution < -0.4 is 0 Å². The van der Waals surface area contributed by atoms with Crippen LogP contribution in [0.3, 0.4) is 0 Å². The summed E-state index contributed by atoms with van der Waals surface area (Å²) in [5, 5.41) is 8.72. The molecule has 0 spiro atoms. The van der Waals surface area contributed by atoms with Crippen molar-refractivity contribution in [3.63, 3.8) is 0 Å². The number of hydrogen-bond acceptors (Lipinski definition) is 1. The molecule has 112 valence electrons. The van der Waals surface area contributed by atoms with Gasteiger partial charge in [-0.2, -0.15) is 0 Å². The third kappa shape index (κ3) is 2.82. The lowest BCUT2D eigenvalue weighted by molar-refractivity contribution is -0.136. The van der Waals surface area contributed by atoms with Crippen LogP contribution in [-0.2, 0) is 10.2 Å². The van der Waals surface area contributed by atoms with Crippen molar-refractivity contribution < 1.29 is 9.90 Å². The minimum atomic E-state index is -0.738. The summed E-state index contributed by atoms with van der Waals surface area (Å²) in [4.78, 5) is 10.6. The van der Waals surface area contributed by atoms with E-state index < -0.39 is 5.97 Å². The Morgan fingerprint density at radius 3 is 2.09 bits per heavy atom. The van der Waals surface area contributed by atoms with Gasteiger partial charge in [0.15, 0.2) is 0 Å². The monoisotopic (exact) mass is 292 g/mol. The third-order valence-corrected chi connectivity index (χ3v) is 4.49. The molecule has 1 aliphatic rings. The van der Waals surface area contributed by atoms with Crippen molar-refractivity contribution in [3.05, 3.63) is 83.9 Å². The zero-order valence-corrected chi connectivity index (χ0v) is 12.5. The lowest BCUT2D eigenvalue weighted by Crippen LogP contribution is -2.11. The fourth-order valence-electron chi connectivity index (χ4n) is 3.29. The zero-order chi connectivity index (χ0) is 15.4. The highest BCUT2D eigenvalue weighted by molar-refractivity contribution is 5.66. The molecule has 0 saturated heterocycles. The van der Waals surface area contributed by atoms with Gasteiger partial charge in [-0.05, 0) is 29.9 Å². The average molecular weight is 292 g/mol. The molecule has 0 aliphatic heterocycles. The predicted octanol–water partition coefficient (Wildman–Crippen LogP) is 4.41. The van der Waals surface area contributed by atoms with Gasteiger partial charge in [0, 0.05) is 11.8 Å². The van der Waals surface area contributed by atoms with Crippen molar-refractivity contribution >= 4 is 5.97 Å². The van der Waals surface area contributed by atoms with Crippen molar-refractivity contribution in [3.8, 4) is 0 Å². The number of aliphatic carboxylic acids is 1. The van der Waals surface area contributed by atoms with Crippen LogP contribution in [0.2, 0.25) is 0 Å². The van der Waals surface area contributed by atoms with Crippen molar-refractivity contribution in [1.29, 1.82) is 0 Å². The Morgan fingerprint density at radius 2 is 1.59 bits per heavy atom. The molecule has 1 N–H and O–H groups in total. The lowest BCUT2D eigenvalue weighted by Gasteiger charge is -2.18. The van der Waals surface area contributed by atoms with Crippen molar-refractivity contribution in [1.82, 2.24) is 0 Å². The largest absolute Gasteiger partial charge is 0.481 e. The van der Waals surface area contributed by atoms with Gasteiger partial charge < -0.3 is 5.11 Å². The molecule has 1 fully saturated rings. The third-order valence-electron chi connectivity index (χ3n) is 4.49. The molecule has 3 rings (SSSR count). The number of benzene rings is 2. The molecule has 1 aliphatic carbocycles. The van der Waals surface area contributed by atoms with Gasteiger partial charge in [-0.25, -0.2) is 0 Å². The van der Waals surface area contributed by atoms with Crippen LogP contribution in [0, 0.1) is 5.92 Å². The molecule has 0 amide bonds. The predicted molar refractivity (Wildman–Crippen MR) is 87.8 cm³/mol. The van der Waals surface area contributed by atoms with Crippen LogP contribution in [0.1, 0.15) is 30.4 Å². The molecular weight excluding hydrogens is 272 g/mol. The number of rotatable bonds is 6. The summed E-state index contributed by atoms with van der Waals surface area (Å²) in [5.74, 6) is -0.288. The second-order valence-electron chi connectivity index (χ2n) is 5.87. The summed E-state index contributed by atoms with van der Waals surface area (Å²) >= 11 is 0. The molecule has 2 aromatic rings. The SMILES string of the molecule is O=C(O)CC/C=C/C1CC1(c1ccccc1)c1ccccc1. The first-order valence-corrected chi connectivity index (χ1v) is 7.73. The van der Waals surface area contributed by atoms with E-state index in [-0.39, 0.29) is 11.8 Å². The van der Waals surface area contributed by atoms with Crippen LogP contribution in [0.15, 0.2) is 72.8 Å². The molecule has 0 heterocycles. The van der Waals surface area contributed by atoms with E-state index in [1.807, 2.05) is 18.2 Å². The van der Waals surface area contributed by atoms with Crippen LogP contribution in [0.25, 0.3) is 0 Å². The highest BCUT2D eigenvalue weighted by atomic mass is 16.4. The maximum absolute atomic E-state index is 10.6. The van der Waals surface area contributed by atoms with Gasteiger partial charge in [-0.1, -0.05) is 72.8 Å². The van der Waals surface area contributed by atoms with E-state index in [1.165, 1.54) is 11.1 Å². The van der Waals surface area contributed by atoms with E-state index in [0.29, 0.717) is 12.3 Å². The van der Waals surface area contributed by atoms with Gasteiger partial charge >= 0.3 is 5.97 Å². The van der Waals surface area contributed by atoms with E-state index in [4.69, 9.17) is 5.11 Å². The maximum atomic E-state index is 10.6. The topological polar surface area (TPSA) is 37.3 Å². The molecule has 0 bridgehead atoms. The van der Waals surface area contributed by atoms with E-state index in [9.17, 15) is 4.79 Å². The summed E-state index contributed by atoms with van der Waals surface area (Å²) in [6.45, 7) is 0. The number of carboxylic acids is 1. The Labute approximate surface area is 131 Å². The van der Waals surface area contributed by atoms with Crippen molar-refractivity contribution in [2.24, 2.45) is 5.92 Å². The van der Waals surface area contributed by atoms with Gasteiger partial charge in [-0.15, -0.1) is 0 Å². The molecule has 0 radical (unpaired) electrons. The smallest absolute Gasteiger partial charge is 0.303 e. The van der Waals surface area contributed by atoms with Gasteiger partial charge in [0.05, 0.1) is 0 Å². The highest BCUT2D eigenvalue weighted by Gasteiger charge is 2.54. The standard InChI is InChI=1S/C20H20O2/c21-19(22)14-8-7-13-18-15-20(18,16-9-3-1-4-10-16)17-11-5-2-6-12-17/h1-7,9-13,18H,8,14-15H2,(H,21,22)/b13-7+. The Kier molecular flexibility index (Phi) is 4.10. The minimum absolute atomic E-state index is 0.0578. The van der Waals surface area contributed by atoms with Crippen LogP contribution >= 0.6 is 0 Å². The maximum Gasteiger partial charge on any atom is 0.303 e. The van der Waals surface area contributed by atoms with Gasteiger partial charge in [-0.3, -0.25) is 4.79 Å². The van der Waals surface area contributed by atoms with E-state index in [0.717, 1.165) is 6.42 Å². The molecule has 2 aromatic carbocycles. The van der Waals surface area contributed by atoms with Crippen molar-refractivity contribution in [2.45, 2.75) is 24.7 Å². The first-order chi connectivity index (χ1) is 10.7. The quantitative estimate of drug-likeness (QED) is 0.801. The fraction of sp³-hybridized carbons (Fsp3) is 0.250. The summed E-state index contributed by atoms with van der Waals surface area (Å²) in [6, 6.07) is 21.2. The molecule has 2 nitrogen and oxygen atoms in total. The molecule has 22 heavy (non-hydrogen) atoms. The average Bonchev–Trinajstić information content (AvgIpc) is 3.29. The normalized spacial score (nSPS) is 19.2. The van der Waals surface area contributed by atoms with E-state index >= 15 is 0 Å². The van der Waals surface area contributed by atoms with Gasteiger partial charge in [0.2, 0.25) is 0 Å². The number of allylic oxidation sites excluding steroid dienone is 2. The van der Waals surface area contributed by atoms with Gasteiger partial charge in [0.1, 0.15) is 0 Å². The minimum Gasteiger partial charge on any atom is -0.481 e. The molecule has 1 saturated carbocycles. The Bertz CT molecular complexity index is 619. The zero-order valence-electron chi connectivity index (χ0n) is 12.5. The number of carbonyl (C=O) groups is 1. The molecule has 1 unspecified atom stereocenters. The van der Waals surface area contributed by atoms with Crippen molar-refractivity contribution in [2.75, 3.05) is 0 Å². The molecular formula is C20H20O2. The summed E-state index contributed by atoms with van der Waals surface area (Å²) in [5.41, 5.74) is 2.74. The Balaban J connectivity index is 1.84. The second kappa shape index (κ2) is 6.18. The van der Waals surface area contributed by atoms with Gasteiger partial charge in [0.25, 0.3) is 0 Å². The van der Waals surface area contributed by atoms with E-state index in [1.54, 1.807) is 0 Å². The second-order valence-corrected chi connectivity index (χ2v) is 5.87.